The minimum atomic E-state index is 0. The van der Waals surface area contributed by atoms with Gasteiger partial charge in [0.1, 0.15) is 0 Å². The van der Waals surface area contributed by atoms with Crippen LogP contribution in [0.3, 0.4) is 0 Å². The molecule has 132 valence electrons. The first-order valence-electron chi connectivity index (χ1n) is 9.05. The Bertz CT molecular complexity index is 460. The third-order valence-electron chi connectivity index (χ3n) is 3.64. The molecular weight excluding hydrogens is 404 g/mol. The second kappa shape index (κ2) is 17.2. The van der Waals surface area contributed by atoms with Crippen LogP contribution in [0.15, 0.2) is 60.7 Å². The summed E-state index contributed by atoms with van der Waals surface area (Å²) in [5.74, 6) is 0. The van der Waals surface area contributed by atoms with Crippen LogP contribution < -0.4 is 0 Å². The molecule has 2 fully saturated rings. The Kier molecular flexibility index (Phi) is 15.3. The number of rotatable bonds is 5. The Hall–Kier alpha value is -0.937. The van der Waals surface area contributed by atoms with Crippen molar-refractivity contribution in [1.29, 1.82) is 0 Å². The smallest absolute Gasteiger partial charge is 0.192 e. The van der Waals surface area contributed by atoms with Crippen LogP contribution in [0.1, 0.15) is 24.0 Å². The van der Waals surface area contributed by atoms with Crippen LogP contribution in [0.4, 0.5) is 0 Å². The summed E-state index contributed by atoms with van der Waals surface area (Å²) in [6.45, 7) is 0. The summed E-state index contributed by atoms with van der Waals surface area (Å²) in [5.41, 5.74) is 2.62. The summed E-state index contributed by atoms with van der Waals surface area (Å²) in [7, 11) is 0. The number of hydrogen-bond acceptors (Lipinski definition) is 0. The Labute approximate surface area is 187 Å². The molecule has 4 rings (SSSR count). The molecule has 2 saturated carbocycles. The van der Waals surface area contributed by atoms with Gasteiger partial charge in [-0.05, 0) is 64.2 Å². The maximum Gasteiger partial charge on any atom is 4.00 e. The van der Waals surface area contributed by atoms with E-state index in [2.05, 4.69) is 61.4 Å². The van der Waals surface area contributed by atoms with Crippen molar-refractivity contribution in [3.05, 3.63) is 149 Å². The zero-order chi connectivity index (χ0) is 18.1. The van der Waals surface area contributed by atoms with Crippen molar-refractivity contribution in [2.45, 2.75) is 12.8 Å². The second-order valence-corrected chi connectivity index (χ2v) is 5.73. The van der Waals surface area contributed by atoms with E-state index in [0.29, 0.717) is 0 Å². The van der Waals surface area contributed by atoms with Crippen molar-refractivity contribution in [2.75, 3.05) is 0 Å². The van der Waals surface area contributed by atoms with Gasteiger partial charge in [0.15, 0.2) is 0 Å². The molecule has 0 N–H and O–H groups in total. The Morgan fingerprint density at radius 1 is 0.407 bits per heavy atom. The van der Waals surface area contributed by atoms with E-state index in [4.69, 9.17) is 0 Å². The molecule has 0 amide bonds. The molecule has 0 spiro atoms. The van der Waals surface area contributed by atoms with Crippen LogP contribution in [0, 0.1) is 77.0 Å². The fraction of sp³-hybridized carbons (Fsp3) is 0.0769. The zero-order valence-electron chi connectivity index (χ0n) is 15.6. The van der Waals surface area contributed by atoms with E-state index >= 15 is 0 Å². The number of benzene rings is 2. The van der Waals surface area contributed by atoms with Gasteiger partial charge >= 0.3 is 26.2 Å². The Morgan fingerprint density at radius 3 is 0.926 bits per heavy atom. The summed E-state index contributed by atoms with van der Waals surface area (Å²) >= 11 is 0. The quantitative estimate of drug-likeness (QED) is 0.386. The molecular formula is C26H26Zr+2. The zero-order valence-corrected chi connectivity index (χ0v) is 18.1. The molecule has 27 heavy (non-hydrogen) atoms. The van der Waals surface area contributed by atoms with E-state index < -0.39 is 0 Å². The molecule has 1 heteroatoms. The third kappa shape index (κ3) is 13.0. The molecule has 0 atom stereocenters. The summed E-state index contributed by atoms with van der Waals surface area (Å²) in [6.07, 6.45) is 26.7. The summed E-state index contributed by atoms with van der Waals surface area (Å²) in [6, 6.07) is 21.0. The van der Waals surface area contributed by atoms with E-state index in [0.717, 1.165) is 12.8 Å². The minimum Gasteiger partial charge on any atom is -0.192 e. The van der Waals surface area contributed by atoms with Crippen molar-refractivity contribution in [3.8, 4) is 0 Å². The molecule has 2 aliphatic rings. The first-order valence-corrected chi connectivity index (χ1v) is 9.05. The predicted molar refractivity (Wildman–Crippen MR) is 112 cm³/mol. The third-order valence-corrected chi connectivity index (χ3v) is 3.64. The maximum absolute atomic E-state index is 2.28. The predicted octanol–water partition coefficient (Wildman–Crippen LogP) is 6.31. The molecule has 0 bridgehead atoms. The van der Waals surface area contributed by atoms with Crippen molar-refractivity contribution in [2.24, 2.45) is 0 Å². The van der Waals surface area contributed by atoms with Crippen molar-refractivity contribution >= 4 is 0 Å². The fourth-order valence-electron chi connectivity index (χ4n) is 2.32. The molecule has 0 unspecified atom stereocenters. The maximum atomic E-state index is 2.28. The van der Waals surface area contributed by atoms with Crippen LogP contribution in [-0.4, -0.2) is 0 Å². The monoisotopic (exact) mass is 428 g/mol. The summed E-state index contributed by atoms with van der Waals surface area (Å²) in [4.78, 5) is 0. The molecule has 2 aromatic carbocycles. The largest absolute Gasteiger partial charge is 4.00 e. The SMILES string of the molecule is [CH]1[CH][CH][CH][CH]1.[CH]1[CH][CH][CH][CH]1.[Zr+4].c1ccc([CH-]CC[CH-]c2ccccc2)cc1. The Balaban J connectivity index is 0.000000270. The van der Waals surface area contributed by atoms with Gasteiger partial charge in [-0.15, -0.1) is 24.3 Å². The molecule has 10 radical (unpaired) electrons. The van der Waals surface area contributed by atoms with Gasteiger partial charge in [0.25, 0.3) is 0 Å². The topological polar surface area (TPSA) is 0 Å². The van der Waals surface area contributed by atoms with Gasteiger partial charge in [0, 0.05) is 0 Å². The van der Waals surface area contributed by atoms with Gasteiger partial charge in [-0.2, -0.15) is 48.2 Å². The summed E-state index contributed by atoms with van der Waals surface area (Å²) in [5, 5.41) is 0. The van der Waals surface area contributed by atoms with E-state index in [1.165, 1.54) is 11.1 Å². The fourth-order valence-corrected chi connectivity index (χ4v) is 2.32. The molecule has 0 heterocycles. The molecule has 0 aliphatic heterocycles. The van der Waals surface area contributed by atoms with E-state index in [9.17, 15) is 0 Å². The number of unbranched alkanes of at least 4 members (excludes halogenated alkanes) is 1. The van der Waals surface area contributed by atoms with E-state index in [1.54, 1.807) is 0 Å². The average Bonchev–Trinajstić information content (AvgIpc) is 3.46. The second-order valence-electron chi connectivity index (χ2n) is 5.73. The molecule has 2 aromatic rings. The first-order chi connectivity index (χ1) is 12.9. The minimum absolute atomic E-state index is 0. The molecule has 2 aliphatic carbocycles. The van der Waals surface area contributed by atoms with Gasteiger partial charge in [0.2, 0.25) is 0 Å². The van der Waals surface area contributed by atoms with Crippen LogP contribution in [-0.2, 0) is 26.2 Å². The first kappa shape index (κ1) is 24.1. The molecule has 0 nitrogen and oxygen atoms in total. The van der Waals surface area contributed by atoms with Gasteiger partial charge in [-0.1, -0.05) is 25.0 Å². The van der Waals surface area contributed by atoms with Crippen LogP contribution >= 0.6 is 0 Å². The van der Waals surface area contributed by atoms with Crippen LogP contribution in [0.25, 0.3) is 0 Å². The van der Waals surface area contributed by atoms with E-state index in [-0.39, 0.29) is 26.2 Å². The van der Waals surface area contributed by atoms with Crippen LogP contribution in [0.5, 0.6) is 0 Å². The van der Waals surface area contributed by atoms with Gasteiger partial charge in [-0.25, -0.2) is 0 Å². The van der Waals surface area contributed by atoms with Gasteiger partial charge < -0.3 is 0 Å². The van der Waals surface area contributed by atoms with Crippen molar-refractivity contribution in [1.82, 2.24) is 0 Å². The molecule has 0 aromatic heterocycles. The van der Waals surface area contributed by atoms with Crippen molar-refractivity contribution in [3.63, 3.8) is 0 Å². The normalized spacial score (nSPS) is 14.7. The van der Waals surface area contributed by atoms with Gasteiger partial charge in [0.05, 0.1) is 0 Å². The van der Waals surface area contributed by atoms with Gasteiger partial charge in [-0.3, -0.25) is 0 Å². The standard InChI is InChI=1S/C16H16.2C5H5.Zr/c1-3-9-15(10-4-1)13-7-8-14-16-11-5-2-6-12-16;2*1-2-4-5-3-1;/h1-6,9-14H,7-8H2;2*1-5H;/q-2;;;+4. The average molecular weight is 430 g/mol. The van der Waals surface area contributed by atoms with Crippen LogP contribution in [0.2, 0.25) is 0 Å². The number of hydrogen-bond donors (Lipinski definition) is 0. The summed E-state index contributed by atoms with van der Waals surface area (Å²) < 4.78 is 0. The van der Waals surface area contributed by atoms with Crippen molar-refractivity contribution < 1.29 is 26.2 Å². The Morgan fingerprint density at radius 2 is 0.667 bits per heavy atom. The molecule has 0 saturated heterocycles. The van der Waals surface area contributed by atoms with E-state index in [1.807, 2.05) is 76.3 Å².